The van der Waals surface area contributed by atoms with Gasteiger partial charge in [-0.05, 0) is 49.6 Å². The fourth-order valence-corrected chi connectivity index (χ4v) is 4.31. The van der Waals surface area contributed by atoms with Crippen LogP contribution < -0.4 is 9.64 Å². The van der Waals surface area contributed by atoms with Crippen LogP contribution in [-0.2, 0) is 10.2 Å². The Hall–Kier alpha value is -2.29. The predicted molar refractivity (Wildman–Crippen MR) is 97.7 cm³/mol. The zero-order valence-electron chi connectivity index (χ0n) is 15.1. The highest BCUT2D eigenvalue weighted by Crippen LogP contribution is 2.50. The summed E-state index contributed by atoms with van der Waals surface area (Å²) in [5, 5.41) is 0. The molecule has 1 atom stereocenters. The van der Waals surface area contributed by atoms with Crippen LogP contribution >= 0.6 is 0 Å². The molecule has 0 aromatic heterocycles. The lowest BCUT2D eigenvalue weighted by molar-refractivity contribution is -0.117. The molecule has 3 heteroatoms. The average molecular weight is 323 g/mol. The van der Waals surface area contributed by atoms with Crippen LogP contribution in [0, 0.1) is 0 Å². The molecular formula is C21H25NO2. The lowest BCUT2D eigenvalue weighted by Gasteiger charge is -2.51. The molecule has 1 amide bonds. The van der Waals surface area contributed by atoms with Gasteiger partial charge in [0.1, 0.15) is 5.75 Å². The van der Waals surface area contributed by atoms with Gasteiger partial charge in [-0.3, -0.25) is 4.79 Å². The van der Waals surface area contributed by atoms with Gasteiger partial charge < -0.3 is 9.64 Å². The zero-order chi connectivity index (χ0) is 17.5. The molecule has 3 rings (SSSR count). The number of anilines is 1. The SMILES string of the molecule is COc1ccc([C@]2(C)CC(C)(C)N(C(C)=O)c3ccccc32)cc1. The second-order valence-corrected chi connectivity index (χ2v) is 7.42. The van der Waals surface area contributed by atoms with Gasteiger partial charge >= 0.3 is 0 Å². The lowest BCUT2D eigenvalue weighted by atomic mass is 9.65. The van der Waals surface area contributed by atoms with E-state index in [9.17, 15) is 4.79 Å². The third kappa shape index (κ3) is 2.48. The number of ether oxygens (including phenoxy) is 1. The van der Waals surface area contributed by atoms with E-state index < -0.39 is 0 Å². The normalized spacial score (nSPS) is 22.0. The zero-order valence-corrected chi connectivity index (χ0v) is 15.1. The molecule has 1 heterocycles. The van der Waals surface area contributed by atoms with Crippen molar-refractivity contribution in [1.82, 2.24) is 0 Å². The van der Waals surface area contributed by atoms with E-state index in [1.165, 1.54) is 11.1 Å². The van der Waals surface area contributed by atoms with Gasteiger partial charge in [-0.1, -0.05) is 37.3 Å². The second-order valence-electron chi connectivity index (χ2n) is 7.42. The van der Waals surface area contributed by atoms with Gasteiger partial charge in [0.05, 0.1) is 7.11 Å². The highest BCUT2D eigenvalue weighted by molar-refractivity contribution is 5.95. The Morgan fingerprint density at radius 2 is 1.67 bits per heavy atom. The number of carbonyl (C=O) groups excluding carboxylic acids is 1. The van der Waals surface area contributed by atoms with Crippen molar-refractivity contribution in [2.24, 2.45) is 0 Å². The minimum atomic E-state index is -0.255. The number of carbonyl (C=O) groups is 1. The molecule has 126 valence electrons. The summed E-state index contributed by atoms with van der Waals surface area (Å²) in [6.07, 6.45) is 0.864. The van der Waals surface area contributed by atoms with E-state index in [-0.39, 0.29) is 16.9 Å². The fraction of sp³-hybridized carbons (Fsp3) is 0.381. The number of hydrogen-bond donors (Lipinski definition) is 0. The molecule has 0 saturated heterocycles. The quantitative estimate of drug-likeness (QED) is 0.812. The smallest absolute Gasteiger partial charge is 0.224 e. The maximum Gasteiger partial charge on any atom is 0.224 e. The van der Waals surface area contributed by atoms with Crippen molar-refractivity contribution in [3.05, 3.63) is 59.7 Å². The van der Waals surface area contributed by atoms with Gasteiger partial charge in [0.15, 0.2) is 0 Å². The molecule has 0 spiro atoms. The summed E-state index contributed by atoms with van der Waals surface area (Å²) in [4.78, 5) is 14.3. The monoisotopic (exact) mass is 323 g/mol. The first-order valence-electron chi connectivity index (χ1n) is 8.34. The first-order valence-corrected chi connectivity index (χ1v) is 8.34. The molecule has 0 aliphatic carbocycles. The van der Waals surface area contributed by atoms with Gasteiger partial charge in [0, 0.05) is 23.6 Å². The Labute approximate surface area is 144 Å². The second kappa shape index (κ2) is 5.66. The molecule has 0 fully saturated rings. The minimum Gasteiger partial charge on any atom is -0.497 e. The number of rotatable bonds is 2. The van der Waals surface area contributed by atoms with Crippen LogP contribution in [0.1, 0.15) is 45.2 Å². The Morgan fingerprint density at radius 1 is 1.04 bits per heavy atom. The maximum atomic E-state index is 12.3. The predicted octanol–water partition coefficient (Wildman–Crippen LogP) is 4.54. The molecule has 0 radical (unpaired) electrons. The lowest BCUT2D eigenvalue weighted by Crippen LogP contribution is -2.55. The summed E-state index contributed by atoms with van der Waals surface area (Å²) >= 11 is 0. The number of hydrogen-bond acceptors (Lipinski definition) is 2. The number of fused-ring (bicyclic) bond motifs is 1. The van der Waals surface area contributed by atoms with E-state index in [2.05, 4.69) is 51.1 Å². The molecule has 24 heavy (non-hydrogen) atoms. The van der Waals surface area contributed by atoms with E-state index in [0.717, 1.165) is 17.9 Å². The third-order valence-corrected chi connectivity index (χ3v) is 5.17. The highest BCUT2D eigenvalue weighted by atomic mass is 16.5. The number of benzene rings is 2. The molecule has 1 aliphatic heterocycles. The van der Waals surface area contributed by atoms with Crippen LogP contribution in [0.3, 0.4) is 0 Å². The molecule has 0 unspecified atom stereocenters. The molecule has 0 saturated carbocycles. The van der Waals surface area contributed by atoms with Crippen molar-refractivity contribution in [2.75, 3.05) is 12.0 Å². The molecular weight excluding hydrogens is 298 g/mol. The number of nitrogens with zero attached hydrogens (tertiary/aromatic N) is 1. The average Bonchev–Trinajstić information content (AvgIpc) is 2.53. The summed E-state index contributed by atoms with van der Waals surface area (Å²) in [6, 6.07) is 16.5. The largest absolute Gasteiger partial charge is 0.497 e. The van der Waals surface area contributed by atoms with Crippen LogP contribution in [0.15, 0.2) is 48.5 Å². The van der Waals surface area contributed by atoms with Crippen LogP contribution in [0.4, 0.5) is 5.69 Å². The molecule has 2 aromatic rings. The van der Waals surface area contributed by atoms with Crippen LogP contribution in [0.25, 0.3) is 0 Å². The van der Waals surface area contributed by atoms with Gasteiger partial charge in [-0.15, -0.1) is 0 Å². The Bertz CT molecular complexity index is 764. The number of amides is 1. The Morgan fingerprint density at radius 3 is 2.25 bits per heavy atom. The maximum absolute atomic E-state index is 12.3. The van der Waals surface area contributed by atoms with Crippen molar-refractivity contribution < 1.29 is 9.53 Å². The molecule has 1 aliphatic rings. The van der Waals surface area contributed by atoms with Gasteiger partial charge in [-0.25, -0.2) is 0 Å². The van der Waals surface area contributed by atoms with Gasteiger partial charge in [0.25, 0.3) is 0 Å². The van der Waals surface area contributed by atoms with E-state index in [1.54, 1.807) is 14.0 Å². The third-order valence-electron chi connectivity index (χ3n) is 5.17. The van der Waals surface area contributed by atoms with Crippen LogP contribution in [-0.4, -0.2) is 18.6 Å². The minimum absolute atomic E-state index is 0.0873. The van der Waals surface area contributed by atoms with E-state index in [0.29, 0.717) is 0 Å². The highest BCUT2D eigenvalue weighted by Gasteiger charge is 2.46. The first-order chi connectivity index (χ1) is 11.3. The molecule has 0 N–H and O–H groups in total. The number of methoxy groups -OCH3 is 1. The van der Waals surface area contributed by atoms with Crippen LogP contribution in [0.5, 0.6) is 5.75 Å². The molecule has 2 aromatic carbocycles. The van der Waals surface area contributed by atoms with Crippen LogP contribution in [0.2, 0.25) is 0 Å². The van der Waals surface area contributed by atoms with Crippen molar-refractivity contribution >= 4 is 11.6 Å². The molecule has 0 bridgehead atoms. The number of para-hydroxylation sites is 1. The topological polar surface area (TPSA) is 29.5 Å². The van der Waals surface area contributed by atoms with E-state index in [4.69, 9.17) is 4.74 Å². The van der Waals surface area contributed by atoms with Gasteiger partial charge in [-0.2, -0.15) is 0 Å². The van der Waals surface area contributed by atoms with Crippen molar-refractivity contribution in [2.45, 2.75) is 45.1 Å². The van der Waals surface area contributed by atoms with Crippen molar-refractivity contribution in [3.8, 4) is 5.75 Å². The summed E-state index contributed by atoms with van der Waals surface area (Å²) in [7, 11) is 1.68. The Balaban J connectivity index is 2.20. The first kappa shape index (κ1) is 16.6. The van der Waals surface area contributed by atoms with Crippen molar-refractivity contribution in [1.29, 1.82) is 0 Å². The fourth-order valence-electron chi connectivity index (χ4n) is 4.31. The summed E-state index contributed by atoms with van der Waals surface area (Å²) < 4.78 is 5.30. The van der Waals surface area contributed by atoms with E-state index in [1.807, 2.05) is 23.1 Å². The van der Waals surface area contributed by atoms with Crippen molar-refractivity contribution in [3.63, 3.8) is 0 Å². The van der Waals surface area contributed by atoms with Gasteiger partial charge in [0.2, 0.25) is 5.91 Å². The summed E-state index contributed by atoms with van der Waals surface area (Å²) in [6.45, 7) is 8.21. The Kier molecular flexibility index (Phi) is 3.90. The molecule has 3 nitrogen and oxygen atoms in total. The standard InChI is InChI=1S/C21H25NO2/c1-15(23)22-19-9-7-6-8-18(19)21(4,14-20(22,2)3)16-10-12-17(24-5)13-11-16/h6-13H,14H2,1-5H3/t21-/m0/s1. The van der Waals surface area contributed by atoms with E-state index >= 15 is 0 Å². The summed E-state index contributed by atoms with van der Waals surface area (Å²) in [5.41, 5.74) is 3.05. The summed E-state index contributed by atoms with van der Waals surface area (Å²) in [5.74, 6) is 0.945.